The van der Waals surface area contributed by atoms with Crippen LogP contribution in [0.3, 0.4) is 0 Å². The number of rotatable bonds is 5. The lowest BCUT2D eigenvalue weighted by molar-refractivity contribution is -0.311. The zero-order valence-electron chi connectivity index (χ0n) is 8.94. The van der Waals surface area contributed by atoms with Crippen LogP contribution in [0.1, 0.15) is 0 Å². The molecule has 6 heteroatoms. The third-order valence-electron chi connectivity index (χ3n) is 2.00. The van der Waals surface area contributed by atoms with Crippen LogP contribution in [0.25, 0.3) is 0 Å². The molecule has 0 aromatic carbocycles. The van der Waals surface area contributed by atoms with Crippen LogP contribution in [0.4, 0.5) is 0 Å². The van der Waals surface area contributed by atoms with Gasteiger partial charge in [-0.25, -0.2) is 0 Å². The fourth-order valence-electron chi connectivity index (χ4n) is 1.14. The number of hydrogen-bond acceptors (Lipinski definition) is 5. The average molecular weight is 228 g/mol. The highest BCUT2D eigenvalue weighted by atomic mass is 28.4. The lowest BCUT2D eigenvalue weighted by Gasteiger charge is -2.29. The van der Waals surface area contributed by atoms with E-state index in [2.05, 4.69) is 4.98 Å². The van der Waals surface area contributed by atoms with Crippen LogP contribution in [0.2, 0.25) is 0 Å². The van der Waals surface area contributed by atoms with Gasteiger partial charge in [-0.05, 0) is 11.5 Å². The summed E-state index contributed by atoms with van der Waals surface area (Å²) in [5.74, 6) is -0.266. The van der Waals surface area contributed by atoms with Gasteiger partial charge in [-0.2, -0.15) is 0 Å². The molecule has 0 amide bonds. The molecule has 1 aliphatic rings. The molecule has 15 heavy (non-hydrogen) atoms. The van der Waals surface area contributed by atoms with E-state index in [1.165, 1.54) is 21.3 Å². The van der Waals surface area contributed by atoms with Crippen LogP contribution in [0, 0.1) is 0 Å². The number of nitrogens with one attached hydrogen (secondary N) is 1. The van der Waals surface area contributed by atoms with Crippen LogP contribution in [-0.2, 0) is 13.3 Å². The van der Waals surface area contributed by atoms with Crippen molar-refractivity contribution < 1.29 is 18.4 Å². The predicted octanol–water partition coefficient (Wildman–Crippen LogP) is -0.351. The largest absolute Gasteiger partial charge is 0.860 e. The monoisotopic (exact) mass is 228 g/mol. The summed E-state index contributed by atoms with van der Waals surface area (Å²) in [5, 5.41) is 11.7. The quantitative estimate of drug-likeness (QED) is 0.515. The van der Waals surface area contributed by atoms with Gasteiger partial charge in [-0.15, -0.1) is 0 Å². The zero-order chi connectivity index (χ0) is 11.3. The first-order valence-corrected chi connectivity index (χ1v) is 6.09. The molecule has 5 nitrogen and oxygen atoms in total. The minimum absolute atomic E-state index is 0.266. The molecule has 0 fully saturated rings. The smallest absolute Gasteiger partial charge is 0.629 e. The molecule has 0 unspecified atom stereocenters. The minimum Gasteiger partial charge on any atom is -0.860 e. The lowest BCUT2D eigenvalue weighted by Crippen LogP contribution is -2.58. The van der Waals surface area contributed by atoms with Crippen LogP contribution < -0.4 is 10.1 Å². The van der Waals surface area contributed by atoms with Crippen molar-refractivity contribution in [3.63, 3.8) is 0 Å². The molecule has 1 N–H and O–H groups in total. The zero-order valence-corrected chi connectivity index (χ0v) is 9.94. The van der Waals surface area contributed by atoms with Gasteiger partial charge in [0.05, 0.1) is 0 Å². The Morgan fingerprint density at radius 1 is 1.13 bits per heavy atom. The fraction of sp³-hybridized carbons (Fsp3) is 0.333. The maximum atomic E-state index is 11.7. The molecule has 0 aliphatic heterocycles. The molecule has 0 atom stereocenters. The Morgan fingerprint density at radius 3 is 2.00 bits per heavy atom. The van der Waals surface area contributed by atoms with Crippen LogP contribution >= 0.6 is 0 Å². The van der Waals surface area contributed by atoms with E-state index < -0.39 is 8.97 Å². The van der Waals surface area contributed by atoms with Crippen molar-refractivity contribution in [1.29, 1.82) is 0 Å². The maximum absolute atomic E-state index is 11.7. The summed E-state index contributed by atoms with van der Waals surface area (Å²) in [6, 6.07) is 0. The third-order valence-corrected chi connectivity index (χ3v) is 4.14. The second-order valence-electron chi connectivity index (χ2n) is 2.80. The molecule has 0 aromatic rings. The average Bonchev–Trinajstić information content (AvgIpc) is 2.79. The summed E-state index contributed by atoms with van der Waals surface area (Å²) in [4.78, 5) is 2.62. The molecular formula is C9H14NO4Si-. The molecule has 1 rings (SSSR count). The summed E-state index contributed by atoms with van der Waals surface area (Å²) in [5.41, 5.74) is 0.554. The SMILES string of the molecule is CO[Si](NC([O-])=C1C=CC=C1)(OC)OC. The van der Waals surface area contributed by atoms with E-state index in [0.717, 1.165) is 0 Å². The van der Waals surface area contributed by atoms with E-state index in [0.29, 0.717) is 5.57 Å². The second-order valence-corrected chi connectivity index (χ2v) is 5.38. The molecule has 0 saturated carbocycles. The minimum atomic E-state index is -3.04. The van der Waals surface area contributed by atoms with E-state index in [4.69, 9.17) is 13.3 Å². The number of allylic oxidation sites excluding steroid dienone is 5. The van der Waals surface area contributed by atoms with Gasteiger partial charge in [0.1, 0.15) is 0 Å². The normalized spacial score (nSPS) is 14.7. The third kappa shape index (κ3) is 2.69. The van der Waals surface area contributed by atoms with Crippen LogP contribution in [0.15, 0.2) is 35.8 Å². The van der Waals surface area contributed by atoms with E-state index in [9.17, 15) is 5.11 Å². The highest BCUT2D eigenvalue weighted by Gasteiger charge is 2.39. The first-order valence-electron chi connectivity index (χ1n) is 4.37. The molecule has 0 spiro atoms. The standard InChI is InChI=1S/C9H15NO4Si/c1-12-15(13-2,14-3)10-9(11)8-6-4-5-7-8/h4-7,10-11H,1-3H3/p-1. The summed E-state index contributed by atoms with van der Waals surface area (Å²) in [6.07, 6.45) is 6.97. The summed E-state index contributed by atoms with van der Waals surface area (Å²) in [7, 11) is 1.27. The Hall–Kier alpha value is -1.08. The van der Waals surface area contributed by atoms with Crippen molar-refractivity contribution in [2.24, 2.45) is 0 Å². The van der Waals surface area contributed by atoms with Gasteiger partial charge in [0, 0.05) is 21.3 Å². The predicted molar refractivity (Wildman–Crippen MR) is 55.2 cm³/mol. The van der Waals surface area contributed by atoms with Crippen molar-refractivity contribution in [2.45, 2.75) is 0 Å². The Labute approximate surface area is 90.1 Å². The van der Waals surface area contributed by atoms with Crippen LogP contribution in [0.5, 0.6) is 0 Å². The molecule has 0 aromatic heterocycles. The van der Waals surface area contributed by atoms with Gasteiger partial charge in [0.25, 0.3) is 0 Å². The van der Waals surface area contributed by atoms with E-state index in [1.807, 2.05) is 0 Å². The van der Waals surface area contributed by atoms with Gasteiger partial charge < -0.3 is 23.4 Å². The first kappa shape index (κ1) is 12.0. The Morgan fingerprint density at radius 2 is 1.60 bits per heavy atom. The highest BCUT2D eigenvalue weighted by molar-refractivity contribution is 6.58. The summed E-state index contributed by atoms with van der Waals surface area (Å²) in [6.45, 7) is 0. The Kier molecular flexibility index (Phi) is 4.10. The fourth-order valence-corrected chi connectivity index (χ4v) is 2.37. The van der Waals surface area contributed by atoms with Crippen molar-refractivity contribution in [2.75, 3.05) is 21.3 Å². The summed E-state index contributed by atoms with van der Waals surface area (Å²) < 4.78 is 15.2. The molecular weight excluding hydrogens is 214 g/mol. The van der Waals surface area contributed by atoms with Crippen molar-refractivity contribution in [3.8, 4) is 0 Å². The van der Waals surface area contributed by atoms with Crippen molar-refractivity contribution in [1.82, 2.24) is 4.98 Å². The second kappa shape index (κ2) is 5.13. The molecule has 1 aliphatic carbocycles. The van der Waals surface area contributed by atoms with E-state index in [-0.39, 0.29) is 5.88 Å². The topological polar surface area (TPSA) is 62.8 Å². The Balaban J connectivity index is 2.79. The molecule has 0 heterocycles. The molecule has 0 saturated heterocycles. The van der Waals surface area contributed by atoms with Gasteiger partial charge in [0.15, 0.2) is 0 Å². The molecule has 84 valence electrons. The van der Waals surface area contributed by atoms with E-state index >= 15 is 0 Å². The van der Waals surface area contributed by atoms with Gasteiger partial charge in [-0.3, -0.25) is 0 Å². The highest BCUT2D eigenvalue weighted by Crippen LogP contribution is 2.11. The van der Waals surface area contributed by atoms with E-state index in [1.54, 1.807) is 24.3 Å². The van der Waals surface area contributed by atoms with Crippen LogP contribution in [-0.4, -0.2) is 30.3 Å². The lowest BCUT2D eigenvalue weighted by atomic mass is 10.3. The van der Waals surface area contributed by atoms with Gasteiger partial charge >= 0.3 is 8.97 Å². The van der Waals surface area contributed by atoms with Gasteiger partial charge in [0.2, 0.25) is 0 Å². The maximum Gasteiger partial charge on any atom is 0.629 e. The summed E-state index contributed by atoms with van der Waals surface area (Å²) >= 11 is 0. The van der Waals surface area contributed by atoms with Gasteiger partial charge in [-0.1, -0.05) is 24.3 Å². The van der Waals surface area contributed by atoms with Crippen molar-refractivity contribution in [3.05, 3.63) is 35.8 Å². The number of hydrogen-bond donors (Lipinski definition) is 1. The van der Waals surface area contributed by atoms with Crippen molar-refractivity contribution >= 4 is 8.97 Å². The molecule has 0 bridgehead atoms. The Bertz CT molecular complexity index is 285. The molecule has 0 radical (unpaired) electrons. The first-order chi connectivity index (χ1) is 7.17.